The second kappa shape index (κ2) is 19.4. The van der Waals surface area contributed by atoms with Gasteiger partial charge in [-0.25, -0.2) is 9.78 Å². The maximum Gasteiger partial charge on any atom is 0.514 e. The van der Waals surface area contributed by atoms with E-state index in [0.29, 0.717) is 13.1 Å². The number of nitrogens with one attached hydrogen (secondary N) is 2. The zero-order valence-electron chi connectivity index (χ0n) is 39.3. The number of benzene rings is 2. The van der Waals surface area contributed by atoms with Crippen LogP contribution in [0, 0.1) is 17.8 Å². The zero-order valence-corrected chi connectivity index (χ0v) is 39.3. The SMILES string of the molecule is CC1(C)CC(Cn2cc(O)c(=O)c(C(=O)NCc3ccccc3)n2)(c2ccccc2)C1.CNC(=O)c1nn(CC2(n3cc(C)c4cccnc43)CCCC2)cc(OC(=O)OCC(C)(C)C)c1=O. The van der Waals surface area contributed by atoms with Gasteiger partial charge in [-0.3, -0.25) is 28.5 Å². The summed E-state index contributed by atoms with van der Waals surface area (Å²) in [4.78, 5) is 67.5. The molecular formula is C51H60N8O8. The summed E-state index contributed by atoms with van der Waals surface area (Å²) in [6.45, 7) is 13.5. The number of nitrogens with zero attached hydrogens (tertiary/aromatic N) is 6. The van der Waals surface area contributed by atoms with E-state index in [4.69, 9.17) is 9.47 Å². The third-order valence-corrected chi connectivity index (χ3v) is 12.4. The van der Waals surface area contributed by atoms with Gasteiger partial charge in [-0.1, -0.05) is 108 Å². The maximum atomic E-state index is 12.9. The van der Waals surface area contributed by atoms with Crippen LogP contribution in [0.3, 0.4) is 0 Å². The standard InChI is InChI=1S/C26H33N5O5.C25H27N3O3/c1-17-13-31(22-18(17)9-8-12-28-22)26(10-6-7-11-26)15-30-14-19(21(32)20(29-30)23(33)27-5)36-24(34)35-16-25(2,3)4;1-24(2)15-25(16-24,19-11-7-4-8-12-19)17-28-14-20(29)22(30)21(27-28)23(31)26-13-18-9-5-3-6-10-18/h8-9,12-14H,6-7,10-11,15-16H2,1-5H3,(H,27,33);3-12,14,29H,13,15-17H2,1-2H3,(H,26,31). The third kappa shape index (κ3) is 11.0. The van der Waals surface area contributed by atoms with Crippen molar-refractivity contribution in [2.24, 2.45) is 10.8 Å². The number of fused-ring (bicyclic) bond motifs is 1. The summed E-state index contributed by atoms with van der Waals surface area (Å²) in [5.41, 5.74) is 1.34. The van der Waals surface area contributed by atoms with Crippen LogP contribution in [0.15, 0.2) is 107 Å². The molecule has 2 fully saturated rings. The Bertz CT molecular complexity index is 2870. The first-order chi connectivity index (χ1) is 31.8. The molecule has 4 aromatic heterocycles. The highest BCUT2D eigenvalue weighted by atomic mass is 16.7. The van der Waals surface area contributed by atoms with Crippen LogP contribution in [-0.4, -0.2) is 65.8 Å². The second-order valence-corrected chi connectivity index (χ2v) is 19.9. The first kappa shape index (κ1) is 47.9. The fourth-order valence-corrected chi connectivity index (χ4v) is 9.63. The lowest BCUT2D eigenvalue weighted by atomic mass is 9.52. The summed E-state index contributed by atoms with van der Waals surface area (Å²) in [7, 11) is 1.41. The molecule has 8 rings (SSSR count). The number of rotatable bonds is 12. The monoisotopic (exact) mass is 912 g/mol. The van der Waals surface area contributed by atoms with Crippen LogP contribution >= 0.6 is 0 Å². The molecule has 0 aliphatic heterocycles. The summed E-state index contributed by atoms with van der Waals surface area (Å²) in [5, 5.41) is 25.1. The van der Waals surface area contributed by atoms with Crippen LogP contribution in [0.25, 0.3) is 11.0 Å². The lowest BCUT2D eigenvalue weighted by Gasteiger charge is -2.54. The van der Waals surface area contributed by atoms with Crippen LogP contribution in [-0.2, 0) is 35.3 Å². The van der Waals surface area contributed by atoms with Crippen molar-refractivity contribution in [2.75, 3.05) is 13.7 Å². The molecule has 2 amide bonds. The van der Waals surface area contributed by atoms with Gasteiger partial charge in [0.25, 0.3) is 22.7 Å². The average Bonchev–Trinajstić information content (AvgIpc) is 3.91. The second-order valence-electron chi connectivity index (χ2n) is 19.9. The predicted octanol–water partition coefficient (Wildman–Crippen LogP) is 7.43. The molecular weight excluding hydrogens is 853 g/mol. The van der Waals surface area contributed by atoms with E-state index in [1.54, 1.807) is 6.20 Å². The number of pyridine rings is 1. The molecule has 352 valence electrons. The van der Waals surface area contributed by atoms with Gasteiger partial charge >= 0.3 is 6.16 Å². The van der Waals surface area contributed by atoms with Gasteiger partial charge in [0.2, 0.25) is 5.75 Å². The molecule has 16 heteroatoms. The highest BCUT2D eigenvalue weighted by Crippen LogP contribution is 2.56. The van der Waals surface area contributed by atoms with Crippen LogP contribution in [0.4, 0.5) is 4.79 Å². The molecule has 0 atom stereocenters. The van der Waals surface area contributed by atoms with Gasteiger partial charge in [0, 0.05) is 36.8 Å². The van der Waals surface area contributed by atoms with Gasteiger partial charge in [-0.15, -0.1) is 0 Å². The van der Waals surface area contributed by atoms with E-state index in [1.807, 2.05) is 81.4 Å². The summed E-state index contributed by atoms with van der Waals surface area (Å²) < 4.78 is 15.7. The third-order valence-electron chi connectivity index (χ3n) is 12.4. The quantitative estimate of drug-likeness (QED) is 0.103. The number of amides is 2. The molecule has 0 saturated heterocycles. The van der Waals surface area contributed by atoms with Crippen LogP contribution in [0.5, 0.6) is 11.5 Å². The van der Waals surface area contributed by atoms with E-state index in [2.05, 4.69) is 69.5 Å². The highest BCUT2D eigenvalue weighted by Gasteiger charge is 2.50. The molecule has 2 aliphatic carbocycles. The first-order valence-corrected chi connectivity index (χ1v) is 22.6. The van der Waals surface area contributed by atoms with Crippen molar-refractivity contribution in [1.29, 1.82) is 0 Å². The van der Waals surface area contributed by atoms with Crippen LogP contribution < -0.4 is 26.2 Å². The van der Waals surface area contributed by atoms with Crippen molar-refractivity contribution in [1.82, 2.24) is 39.7 Å². The Morgan fingerprint density at radius 2 is 1.43 bits per heavy atom. The minimum absolute atomic E-state index is 0.115. The highest BCUT2D eigenvalue weighted by molar-refractivity contribution is 5.92. The molecule has 16 nitrogen and oxygen atoms in total. The first-order valence-electron chi connectivity index (χ1n) is 22.6. The summed E-state index contributed by atoms with van der Waals surface area (Å²) in [6.07, 6.45) is 11.3. The summed E-state index contributed by atoms with van der Waals surface area (Å²) in [5.74, 6) is -2.03. The molecule has 0 unspecified atom stereocenters. The Balaban J connectivity index is 0.000000201. The molecule has 0 bridgehead atoms. The Kier molecular flexibility index (Phi) is 13.9. The lowest BCUT2D eigenvalue weighted by molar-refractivity contribution is 0.0387. The number of hydrogen-bond donors (Lipinski definition) is 3. The normalized spacial score (nSPS) is 15.7. The zero-order chi connectivity index (χ0) is 48.1. The number of carbonyl (C=O) groups is 3. The van der Waals surface area contributed by atoms with E-state index < -0.39 is 34.6 Å². The number of hydrogen-bond acceptors (Lipinski definition) is 11. The topological polar surface area (TPSA) is 202 Å². The van der Waals surface area contributed by atoms with Gasteiger partial charge in [0.05, 0.1) is 37.6 Å². The number of ether oxygens (including phenoxy) is 2. The number of aromatic nitrogens is 6. The van der Waals surface area contributed by atoms with Gasteiger partial charge in [-0.2, -0.15) is 10.2 Å². The minimum atomic E-state index is -1.01. The molecule has 6 aromatic rings. The molecule has 2 aliphatic rings. The van der Waals surface area contributed by atoms with E-state index in [0.717, 1.165) is 60.7 Å². The molecule has 3 N–H and O–H groups in total. The van der Waals surface area contributed by atoms with E-state index in [9.17, 15) is 29.1 Å². The smallest absolute Gasteiger partial charge is 0.503 e. The van der Waals surface area contributed by atoms with Crippen molar-refractivity contribution in [3.8, 4) is 11.5 Å². The predicted molar refractivity (Wildman–Crippen MR) is 253 cm³/mol. The molecule has 4 heterocycles. The molecule has 0 spiro atoms. The number of carbonyl (C=O) groups excluding carboxylic acids is 3. The van der Waals surface area contributed by atoms with Crippen molar-refractivity contribution in [2.45, 2.75) is 111 Å². The van der Waals surface area contributed by atoms with Gasteiger partial charge in [-0.05, 0) is 72.3 Å². The summed E-state index contributed by atoms with van der Waals surface area (Å²) in [6, 6.07) is 23.6. The number of aromatic hydroxyl groups is 1. The summed E-state index contributed by atoms with van der Waals surface area (Å²) >= 11 is 0. The van der Waals surface area contributed by atoms with E-state index >= 15 is 0 Å². The Labute approximate surface area is 389 Å². The molecule has 2 aromatic carbocycles. The minimum Gasteiger partial charge on any atom is -0.503 e. The van der Waals surface area contributed by atoms with Crippen molar-refractivity contribution < 1.29 is 29.0 Å². The Morgan fingerprint density at radius 3 is 2.06 bits per heavy atom. The van der Waals surface area contributed by atoms with E-state index in [-0.39, 0.29) is 52.1 Å². The molecule has 67 heavy (non-hydrogen) atoms. The van der Waals surface area contributed by atoms with Crippen LogP contribution in [0.1, 0.15) is 111 Å². The number of aryl methyl sites for hydroxylation is 1. The Morgan fingerprint density at radius 1 is 0.806 bits per heavy atom. The average molecular weight is 913 g/mol. The molecule has 2 saturated carbocycles. The molecule has 0 radical (unpaired) electrons. The maximum absolute atomic E-state index is 12.9. The lowest BCUT2D eigenvalue weighted by Crippen LogP contribution is -2.49. The van der Waals surface area contributed by atoms with Crippen molar-refractivity contribution >= 4 is 29.0 Å². The van der Waals surface area contributed by atoms with Crippen molar-refractivity contribution in [3.63, 3.8) is 0 Å². The van der Waals surface area contributed by atoms with Gasteiger partial charge in [0.15, 0.2) is 17.1 Å². The van der Waals surface area contributed by atoms with Gasteiger partial charge in [0.1, 0.15) is 5.65 Å². The fraction of sp³-hybridized carbons (Fsp3) is 0.412. The van der Waals surface area contributed by atoms with Gasteiger partial charge < -0.3 is 29.8 Å². The Hall–Kier alpha value is -7.10. The fourth-order valence-electron chi connectivity index (χ4n) is 9.63. The van der Waals surface area contributed by atoms with E-state index in [1.165, 1.54) is 34.4 Å². The largest absolute Gasteiger partial charge is 0.514 e. The van der Waals surface area contributed by atoms with Crippen LogP contribution in [0.2, 0.25) is 0 Å². The van der Waals surface area contributed by atoms with Crippen molar-refractivity contribution in [3.05, 3.63) is 146 Å².